The van der Waals surface area contributed by atoms with Gasteiger partial charge in [0, 0.05) is 18.8 Å². The highest BCUT2D eigenvalue weighted by Gasteiger charge is 2.29. The molecule has 3 N–H and O–H groups in total. The molecule has 0 aliphatic carbocycles. The first kappa shape index (κ1) is 15.5. The highest BCUT2D eigenvalue weighted by Crippen LogP contribution is 2.27. The van der Waals surface area contributed by atoms with Gasteiger partial charge in [0.15, 0.2) is 11.3 Å². The summed E-state index contributed by atoms with van der Waals surface area (Å²) in [7, 11) is 0. The minimum atomic E-state index is -0.129. The number of benzene rings is 1. The summed E-state index contributed by atoms with van der Waals surface area (Å²) in [5, 5.41) is 1.07. The Morgan fingerprint density at radius 3 is 2.74 bits per heavy atom. The van der Waals surface area contributed by atoms with E-state index in [4.69, 9.17) is 5.73 Å². The number of fused-ring (bicyclic) bond motifs is 3. The Bertz CT molecular complexity index is 908. The number of nitrogens with one attached hydrogen (secondary N) is 1. The lowest BCUT2D eigenvalue weighted by atomic mass is 9.87. The summed E-state index contributed by atoms with van der Waals surface area (Å²) in [5.74, 6) is 1.73. The average Bonchev–Trinajstić information content (AvgIpc) is 2.75. The molecule has 2 aromatic heterocycles. The second-order valence-corrected chi connectivity index (χ2v) is 7.08. The number of aromatic nitrogens is 3. The van der Waals surface area contributed by atoms with Crippen LogP contribution in [0.2, 0.25) is 0 Å². The Hall–Kier alpha value is -2.43. The number of nitrogens with two attached hydrogens (primary N) is 1. The highest BCUT2D eigenvalue weighted by molar-refractivity contribution is 6.04. The number of hydrogen-bond donors (Lipinski definition) is 2. The quantitative estimate of drug-likeness (QED) is 0.727. The molecule has 23 heavy (non-hydrogen) atoms. The lowest BCUT2D eigenvalue weighted by molar-refractivity contribution is -0.688. The predicted octanol–water partition coefficient (Wildman–Crippen LogP) is 2.90. The summed E-state index contributed by atoms with van der Waals surface area (Å²) in [6.07, 6.45) is 0.546. The number of nitrogen functional groups attached to an aromatic ring is 1. The lowest BCUT2D eigenvalue weighted by Gasteiger charge is -2.21. The summed E-state index contributed by atoms with van der Waals surface area (Å²) in [5.41, 5.74) is 8.81. The van der Waals surface area contributed by atoms with Crippen LogP contribution in [-0.2, 0) is 11.3 Å². The topological polar surface area (TPSA) is 75.6 Å². The molecule has 0 radical (unpaired) electrons. The normalized spacial score (nSPS) is 12.2. The second-order valence-electron chi connectivity index (χ2n) is 7.08. The largest absolute Gasteiger partial charge is 0.380 e. The molecule has 0 aliphatic heterocycles. The van der Waals surface area contributed by atoms with Gasteiger partial charge < -0.3 is 10.5 Å². The van der Waals surface area contributed by atoms with Crippen LogP contribution in [0.15, 0.2) is 24.3 Å². The fourth-order valence-electron chi connectivity index (χ4n) is 3.39. The van der Waals surface area contributed by atoms with Gasteiger partial charge in [-0.3, -0.25) is 0 Å². The van der Waals surface area contributed by atoms with Crippen LogP contribution in [0.3, 0.4) is 0 Å². The number of ketones is 1. The lowest BCUT2D eigenvalue weighted by Crippen LogP contribution is -2.43. The van der Waals surface area contributed by atoms with Crippen LogP contribution in [0.4, 0.5) is 5.82 Å². The second kappa shape index (κ2) is 5.33. The fraction of sp³-hybridized carbons (Fsp3) is 0.389. The van der Waals surface area contributed by atoms with Gasteiger partial charge >= 0.3 is 0 Å². The Morgan fingerprint density at radius 1 is 1.35 bits per heavy atom. The monoisotopic (exact) mass is 311 g/mol. The van der Waals surface area contributed by atoms with Crippen LogP contribution in [0.1, 0.15) is 33.0 Å². The number of aromatic amines is 1. The van der Waals surface area contributed by atoms with Crippen molar-refractivity contribution >= 4 is 33.5 Å². The first-order chi connectivity index (χ1) is 10.8. The van der Waals surface area contributed by atoms with E-state index in [1.165, 1.54) is 0 Å². The van der Waals surface area contributed by atoms with E-state index in [-0.39, 0.29) is 11.2 Å². The minimum absolute atomic E-state index is 0.129. The van der Waals surface area contributed by atoms with Crippen LogP contribution in [-0.4, -0.2) is 15.8 Å². The van der Waals surface area contributed by atoms with Crippen LogP contribution < -0.4 is 10.3 Å². The zero-order valence-electron chi connectivity index (χ0n) is 14.1. The highest BCUT2D eigenvalue weighted by atomic mass is 16.1. The maximum absolute atomic E-state index is 11.6. The van der Waals surface area contributed by atoms with Crippen molar-refractivity contribution in [3.63, 3.8) is 0 Å². The summed E-state index contributed by atoms with van der Waals surface area (Å²) >= 11 is 0. The van der Waals surface area contributed by atoms with Gasteiger partial charge in [0.1, 0.15) is 5.78 Å². The van der Waals surface area contributed by atoms with E-state index < -0.39 is 0 Å². The van der Waals surface area contributed by atoms with Crippen molar-refractivity contribution in [2.45, 2.75) is 40.7 Å². The molecule has 3 aromatic rings. The average molecular weight is 311 g/mol. The molecule has 0 saturated heterocycles. The third-order valence-corrected chi connectivity index (χ3v) is 4.19. The van der Waals surface area contributed by atoms with E-state index in [1.54, 1.807) is 6.92 Å². The van der Waals surface area contributed by atoms with E-state index in [1.807, 2.05) is 25.1 Å². The molecule has 0 spiro atoms. The third kappa shape index (κ3) is 2.79. The summed E-state index contributed by atoms with van der Waals surface area (Å²) in [6.45, 7) is 8.65. The molecule has 0 saturated carbocycles. The van der Waals surface area contributed by atoms with Crippen molar-refractivity contribution in [3.8, 4) is 0 Å². The van der Waals surface area contributed by atoms with Crippen molar-refractivity contribution < 1.29 is 9.36 Å². The standard InChI is InChI=1S/C18H22N4O/c1-11(23)9-18(3,4)10-22-12(2)20-15-16(22)13-7-5-6-8-14(13)21-17(15)19/h5-8H,9-10H2,1-4H3,(H2,19,21)/p+1. The van der Waals surface area contributed by atoms with Gasteiger partial charge in [-0.1, -0.05) is 26.0 Å². The van der Waals surface area contributed by atoms with Gasteiger partial charge in [-0.2, -0.15) is 0 Å². The van der Waals surface area contributed by atoms with Gasteiger partial charge in [0.25, 0.3) is 5.82 Å². The van der Waals surface area contributed by atoms with Crippen molar-refractivity contribution in [3.05, 3.63) is 30.1 Å². The van der Waals surface area contributed by atoms with Gasteiger partial charge in [0.05, 0.1) is 17.4 Å². The maximum Gasteiger partial charge on any atom is 0.252 e. The number of aryl methyl sites for hydroxylation is 1. The Kier molecular flexibility index (Phi) is 3.59. The Labute approximate surface area is 135 Å². The molecule has 0 atom stereocenters. The van der Waals surface area contributed by atoms with Gasteiger partial charge in [-0.15, -0.1) is 0 Å². The molecule has 5 nitrogen and oxygen atoms in total. The first-order valence-electron chi connectivity index (χ1n) is 7.84. The van der Waals surface area contributed by atoms with E-state index in [0.717, 1.165) is 34.3 Å². The molecule has 3 rings (SSSR count). The number of rotatable bonds is 4. The van der Waals surface area contributed by atoms with Crippen molar-refractivity contribution in [1.82, 2.24) is 9.97 Å². The number of carbonyl (C=O) groups is 1. The summed E-state index contributed by atoms with van der Waals surface area (Å²) in [4.78, 5) is 19.4. The molecular formula is C18H23N4O+. The molecule has 5 heteroatoms. The van der Waals surface area contributed by atoms with E-state index in [0.29, 0.717) is 12.2 Å². The first-order valence-corrected chi connectivity index (χ1v) is 7.84. The molecule has 1 aromatic carbocycles. The molecule has 2 heterocycles. The van der Waals surface area contributed by atoms with E-state index in [9.17, 15) is 4.79 Å². The number of H-pyrrole nitrogens is 1. The van der Waals surface area contributed by atoms with Gasteiger partial charge in [-0.05, 0) is 19.1 Å². The van der Waals surface area contributed by atoms with Gasteiger partial charge in [0.2, 0.25) is 5.52 Å². The zero-order valence-corrected chi connectivity index (χ0v) is 14.1. The van der Waals surface area contributed by atoms with Crippen LogP contribution in [0.5, 0.6) is 0 Å². The molecule has 0 unspecified atom stereocenters. The smallest absolute Gasteiger partial charge is 0.252 e. The van der Waals surface area contributed by atoms with Gasteiger partial charge in [-0.25, -0.2) is 14.5 Å². The maximum atomic E-state index is 11.6. The Balaban J connectivity index is 2.24. The number of hydrogen-bond acceptors (Lipinski definition) is 3. The molecule has 0 aliphatic rings. The molecule has 0 amide bonds. The number of para-hydroxylation sites is 1. The van der Waals surface area contributed by atoms with E-state index in [2.05, 4.69) is 34.4 Å². The van der Waals surface area contributed by atoms with Crippen molar-refractivity contribution in [2.24, 2.45) is 5.41 Å². The summed E-state index contributed by atoms with van der Waals surface area (Å²) < 4.78 is 2.22. The number of anilines is 1. The molecular weight excluding hydrogens is 288 g/mol. The number of nitrogens with zero attached hydrogens (tertiary/aromatic N) is 2. The van der Waals surface area contributed by atoms with Crippen molar-refractivity contribution in [2.75, 3.05) is 5.73 Å². The van der Waals surface area contributed by atoms with Crippen LogP contribution in [0.25, 0.3) is 21.9 Å². The van der Waals surface area contributed by atoms with Crippen LogP contribution in [0, 0.1) is 12.3 Å². The fourth-order valence-corrected chi connectivity index (χ4v) is 3.39. The van der Waals surface area contributed by atoms with Crippen LogP contribution >= 0.6 is 0 Å². The summed E-state index contributed by atoms with van der Waals surface area (Å²) in [6, 6.07) is 8.00. The van der Waals surface area contributed by atoms with Crippen molar-refractivity contribution in [1.29, 1.82) is 0 Å². The minimum Gasteiger partial charge on any atom is -0.380 e. The number of imidazole rings is 1. The molecule has 120 valence electrons. The number of carbonyl (C=O) groups excluding carboxylic acids is 1. The molecule has 0 bridgehead atoms. The predicted molar refractivity (Wildman–Crippen MR) is 92.0 cm³/mol. The number of pyridine rings is 1. The van der Waals surface area contributed by atoms with E-state index >= 15 is 0 Å². The number of Topliss-reactive ketones (excluding diaryl/α,β-unsaturated/α-hetero) is 1. The SMILES string of the molecule is CC(=O)CC(C)(C)C[n+]1c(C)[nH]c2c(N)nc3ccccc3c21. The Morgan fingerprint density at radius 2 is 2.04 bits per heavy atom. The molecule has 0 fully saturated rings. The zero-order chi connectivity index (χ0) is 16.8. The third-order valence-electron chi connectivity index (χ3n) is 4.19.